The Balaban J connectivity index is 0.867. The molecule has 0 unspecified atom stereocenters. The fraction of sp³-hybridized carbons (Fsp3) is 0.889. The van der Waals surface area contributed by atoms with E-state index in [-0.39, 0.29) is 30.8 Å². The molecule has 8 rings (SSSR count). The standard InChI is InChI=1S/C54H86O19/c1-14-26(2)49(58)70-39-25-38-51(8)18-16-33(21-32(51)15-19-53(38,59)54(60)20-17-34(27(3)55)52(39,54)9)69-40-22-35(61-10)45(29(5)65-40)71-41-23-36(62-11)46(30(6)66-41)72-42-24-37(63-12)47(31(7)67-42)73-50-44(57)48(64-13)43(56)28(4)68-50/h14-15,28-31,33-48,50,56-57,59-60H,16-25H2,1-13H3/b26-14+/t28-,29-,30-,31-,33+,34-,35+,36+,37-,38-,39-,40+,41+,42+,43-,44-,45-,46-,47-,48+,50+,51+,52+,53+,54-/m1/s1. The zero-order chi connectivity index (χ0) is 53.1. The van der Waals surface area contributed by atoms with Crippen LogP contribution in [0.3, 0.4) is 0 Å². The van der Waals surface area contributed by atoms with Gasteiger partial charge in [0.25, 0.3) is 0 Å². The second-order valence-electron chi connectivity index (χ2n) is 22.8. The lowest BCUT2D eigenvalue weighted by atomic mass is 9.43. The maximum absolute atomic E-state index is 13.4. The summed E-state index contributed by atoms with van der Waals surface area (Å²) >= 11 is 0. The predicted octanol–water partition coefficient (Wildman–Crippen LogP) is 4.34. The maximum atomic E-state index is 13.4. The molecule has 19 nitrogen and oxygen atoms in total. The van der Waals surface area contributed by atoms with Gasteiger partial charge in [-0.2, -0.15) is 0 Å². The number of esters is 1. The van der Waals surface area contributed by atoms with Crippen LogP contribution in [-0.2, 0) is 71.2 Å². The molecule has 4 saturated heterocycles. The van der Waals surface area contributed by atoms with Crippen LogP contribution in [0.25, 0.3) is 0 Å². The van der Waals surface area contributed by atoms with Gasteiger partial charge in [0.2, 0.25) is 0 Å². The second-order valence-corrected chi connectivity index (χ2v) is 22.8. The number of aliphatic hydroxyl groups is 4. The number of methoxy groups -OCH3 is 4. The zero-order valence-corrected chi connectivity index (χ0v) is 45.3. The van der Waals surface area contributed by atoms with Crippen LogP contribution >= 0.6 is 0 Å². The molecule has 4 heterocycles. The Morgan fingerprint density at radius 1 is 0.671 bits per heavy atom. The Bertz CT molecular complexity index is 2000. The first-order chi connectivity index (χ1) is 34.5. The van der Waals surface area contributed by atoms with Gasteiger partial charge in [0.1, 0.15) is 59.7 Å². The van der Waals surface area contributed by atoms with Crippen LogP contribution in [0.15, 0.2) is 23.3 Å². The van der Waals surface area contributed by atoms with E-state index < -0.39 is 144 Å². The van der Waals surface area contributed by atoms with Crippen molar-refractivity contribution in [1.82, 2.24) is 0 Å². The summed E-state index contributed by atoms with van der Waals surface area (Å²) in [6.07, 6.45) is -4.23. The molecule has 19 heteroatoms. The molecule has 73 heavy (non-hydrogen) atoms. The molecule has 4 N–H and O–H groups in total. The van der Waals surface area contributed by atoms with E-state index in [1.807, 2.05) is 27.7 Å². The van der Waals surface area contributed by atoms with Crippen molar-refractivity contribution in [1.29, 1.82) is 0 Å². The van der Waals surface area contributed by atoms with Gasteiger partial charge in [-0.05, 0) is 98.8 Å². The molecule has 25 atom stereocenters. The van der Waals surface area contributed by atoms with E-state index in [0.717, 1.165) is 5.57 Å². The van der Waals surface area contributed by atoms with Crippen molar-refractivity contribution >= 4 is 11.8 Å². The number of fused-ring (bicyclic) bond motifs is 5. The summed E-state index contributed by atoms with van der Waals surface area (Å²) in [5, 5.41) is 47.1. The van der Waals surface area contributed by atoms with Crippen LogP contribution in [-0.4, -0.2) is 189 Å². The van der Waals surface area contributed by atoms with Gasteiger partial charge in [-0.15, -0.1) is 0 Å². The van der Waals surface area contributed by atoms with Crippen LogP contribution < -0.4 is 0 Å². The Labute approximate surface area is 431 Å². The van der Waals surface area contributed by atoms with E-state index in [9.17, 15) is 30.0 Å². The molecule has 4 aliphatic heterocycles. The van der Waals surface area contributed by atoms with Gasteiger partial charge in [0.15, 0.2) is 25.2 Å². The van der Waals surface area contributed by atoms with Gasteiger partial charge < -0.3 is 82.0 Å². The zero-order valence-electron chi connectivity index (χ0n) is 45.3. The van der Waals surface area contributed by atoms with Gasteiger partial charge in [-0.1, -0.05) is 31.6 Å². The van der Waals surface area contributed by atoms with E-state index in [2.05, 4.69) is 13.0 Å². The van der Waals surface area contributed by atoms with Crippen LogP contribution in [0.2, 0.25) is 0 Å². The fourth-order valence-corrected chi connectivity index (χ4v) is 14.5. The number of Topliss-reactive ketones (excluding diaryl/α,β-unsaturated/α-hetero) is 1. The highest BCUT2D eigenvalue weighted by Crippen LogP contribution is 2.70. The molecule has 0 aromatic rings. The third-order valence-electron chi connectivity index (χ3n) is 19.0. The van der Waals surface area contributed by atoms with E-state index in [1.165, 1.54) is 14.0 Å². The summed E-state index contributed by atoms with van der Waals surface area (Å²) in [4.78, 5) is 26.5. The lowest BCUT2D eigenvalue weighted by molar-refractivity contribution is -0.355. The molecule has 0 amide bonds. The first kappa shape index (κ1) is 57.2. The molecule has 4 aliphatic carbocycles. The number of hydrogen-bond donors (Lipinski definition) is 4. The average Bonchev–Trinajstić information content (AvgIpc) is 3.65. The molecule has 0 bridgehead atoms. The van der Waals surface area contributed by atoms with Crippen molar-refractivity contribution in [2.45, 2.75) is 254 Å². The number of carbonyl (C=O) groups is 2. The van der Waals surface area contributed by atoms with Crippen LogP contribution in [0.5, 0.6) is 0 Å². The number of aliphatic hydroxyl groups excluding tert-OH is 2. The van der Waals surface area contributed by atoms with Crippen LogP contribution in [0, 0.1) is 22.7 Å². The van der Waals surface area contributed by atoms with Crippen molar-refractivity contribution in [2.24, 2.45) is 22.7 Å². The van der Waals surface area contributed by atoms with E-state index >= 15 is 0 Å². The van der Waals surface area contributed by atoms with E-state index in [0.29, 0.717) is 56.9 Å². The molecular formula is C54H86O19. The topological polar surface area (TPSA) is 235 Å². The highest BCUT2D eigenvalue weighted by atomic mass is 16.8. The van der Waals surface area contributed by atoms with Gasteiger partial charge in [0.05, 0.1) is 48.8 Å². The predicted molar refractivity (Wildman–Crippen MR) is 259 cm³/mol. The van der Waals surface area contributed by atoms with Crippen molar-refractivity contribution in [3.63, 3.8) is 0 Å². The van der Waals surface area contributed by atoms with Crippen molar-refractivity contribution in [3.05, 3.63) is 23.3 Å². The fourth-order valence-electron chi connectivity index (χ4n) is 14.5. The molecule has 0 spiro atoms. The quantitative estimate of drug-likeness (QED) is 0.101. The lowest BCUT2D eigenvalue weighted by Crippen LogP contribution is -2.75. The maximum Gasteiger partial charge on any atom is 0.333 e. The number of carbonyl (C=O) groups excluding carboxylic acids is 2. The lowest BCUT2D eigenvalue weighted by Gasteiger charge is -2.66. The van der Waals surface area contributed by atoms with Crippen molar-refractivity contribution in [2.75, 3.05) is 28.4 Å². The van der Waals surface area contributed by atoms with Gasteiger partial charge >= 0.3 is 5.97 Å². The van der Waals surface area contributed by atoms with Crippen LogP contribution in [0.1, 0.15) is 127 Å². The summed E-state index contributed by atoms with van der Waals surface area (Å²) in [5.74, 6) is -1.57. The van der Waals surface area contributed by atoms with E-state index in [4.69, 9.17) is 61.6 Å². The number of allylic oxidation sites excluding steroid dienone is 1. The summed E-state index contributed by atoms with van der Waals surface area (Å²) in [7, 11) is 6.27. The number of rotatable bonds is 15. The number of ether oxygens (including phenoxy) is 13. The summed E-state index contributed by atoms with van der Waals surface area (Å²) in [6.45, 7) is 16.4. The summed E-state index contributed by atoms with van der Waals surface area (Å²) in [6, 6.07) is 0. The average molecular weight is 1040 g/mol. The Kier molecular flexibility index (Phi) is 17.5. The molecule has 416 valence electrons. The minimum Gasteiger partial charge on any atom is -0.458 e. The molecule has 3 saturated carbocycles. The summed E-state index contributed by atoms with van der Waals surface area (Å²) in [5.41, 5.74) is -3.32. The van der Waals surface area contributed by atoms with Gasteiger partial charge in [-0.25, -0.2) is 4.79 Å². The Morgan fingerprint density at radius 3 is 1.71 bits per heavy atom. The van der Waals surface area contributed by atoms with E-state index in [1.54, 1.807) is 48.2 Å². The van der Waals surface area contributed by atoms with Crippen molar-refractivity contribution in [3.8, 4) is 0 Å². The summed E-state index contributed by atoms with van der Waals surface area (Å²) < 4.78 is 81.0. The number of hydrogen-bond acceptors (Lipinski definition) is 19. The highest BCUT2D eigenvalue weighted by Gasteiger charge is 2.77. The molecular weight excluding hydrogens is 953 g/mol. The normalized spacial score (nSPS) is 50.3. The van der Waals surface area contributed by atoms with Crippen LogP contribution in [0.4, 0.5) is 0 Å². The minimum absolute atomic E-state index is 0.0797. The van der Waals surface area contributed by atoms with Crippen molar-refractivity contribution < 1.29 is 91.6 Å². The monoisotopic (exact) mass is 1040 g/mol. The van der Waals surface area contributed by atoms with Gasteiger partial charge in [0, 0.05) is 70.5 Å². The molecule has 8 aliphatic rings. The second kappa shape index (κ2) is 22.4. The first-order valence-electron chi connectivity index (χ1n) is 26.7. The SMILES string of the molecule is C/C=C(\C)C(=O)O[C@@H]1C[C@@H]2[C@@]3(C)CC[C@H](O[C@H]4C[C@H](OC)[C@H](O[C@H]5C[C@H](OC)[C@H](O[C@H]6C[C@@H](OC)[C@H](O[C@@H]7O[C@H](C)[C@@H](O)[C@H](OC)[C@H]7O)[C@@H](C)O6)[C@@H](C)O5)[C@@H](C)O4)CC3=CC[C@@]2(O)[C@@]2(O)CC[C@H](C(C)=O)[C@@]12C. The number of ketones is 1. The third-order valence-corrected chi connectivity index (χ3v) is 19.0. The third kappa shape index (κ3) is 10.2. The van der Waals surface area contributed by atoms with Gasteiger partial charge in [-0.3, -0.25) is 4.79 Å². The Hall–Kier alpha value is -2.02. The first-order valence-corrected chi connectivity index (χ1v) is 26.7. The largest absolute Gasteiger partial charge is 0.458 e. The molecule has 0 radical (unpaired) electrons. The molecule has 0 aromatic carbocycles. The smallest absolute Gasteiger partial charge is 0.333 e. The molecule has 7 fully saturated rings. The highest BCUT2D eigenvalue weighted by molar-refractivity contribution is 5.88. The minimum atomic E-state index is -1.66. The Morgan fingerprint density at radius 2 is 1.21 bits per heavy atom. The molecule has 0 aromatic heterocycles.